The molecule has 1 heterocycles. The van der Waals surface area contributed by atoms with Gasteiger partial charge in [0.05, 0.1) is 0 Å². The summed E-state index contributed by atoms with van der Waals surface area (Å²) in [6, 6.07) is 0.743. The molecule has 0 aromatic carbocycles. The molecule has 0 radical (unpaired) electrons. The van der Waals surface area contributed by atoms with Crippen molar-refractivity contribution in [3.05, 3.63) is 0 Å². The first-order valence-electron chi connectivity index (χ1n) is 6.90. The van der Waals surface area contributed by atoms with Crippen LogP contribution in [0.3, 0.4) is 0 Å². The number of likely N-dealkylation sites (tertiary alicyclic amines) is 1. The van der Waals surface area contributed by atoms with Gasteiger partial charge in [0.1, 0.15) is 0 Å². The van der Waals surface area contributed by atoms with Crippen molar-refractivity contribution in [2.75, 3.05) is 26.7 Å². The van der Waals surface area contributed by atoms with Gasteiger partial charge in [-0.3, -0.25) is 0 Å². The Labute approximate surface area is 99.8 Å². The van der Waals surface area contributed by atoms with E-state index < -0.39 is 0 Å². The Bertz CT molecular complexity index is 213. The van der Waals surface area contributed by atoms with E-state index in [1.54, 1.807) is 0 Å². The minimum atomic E-state index is 0.236. The summed E-state index contributed by atoms with van der Waals surface area (Å²) >= 11 is 0. The van der Waals surface area contributed by atoms with Crippen LogP contribution in [0.5, 0.6) is 0 Å². The summed E-state index contributed by atoms with van der Waals surface area (Å²) in [4.78, 5) is 2.44. The van der Waals surface area contributed by atoms with E-state index in [0.29, 0.717) is 0 Å². The molecule has 0 aromatic heterocycles. The molecule has 1 aliphatic carbocycles. The Morgan fingerprint density at radius 2 is 1.94 bits per heavy atom. The average molecular weight is 225 g/mol. The molecule has 0 spiro atoms. The number of rotatable bonds is 3. The molecule has 94 valence electrons. The molecule has 0 aromatic rings. The molecule has 2 fully saturated rings. The molecular formula is C13H27N3. The molecule has 1 atom stereocenters. The number of nitrogens with zero attached hydrogens (tertiary/aromatic N) is 1. The van der Waals surface area contributed by atoms with Gasteiger partial charge < -0.3 is 16.0 Å². The van der Waals surface area contributed by atoms with Gasteiger partial charge in [0, 0.05) is 18.1 Å². The molecule has 1 saturated carbocycles. The topological polar surface area (TPSA) is 41.3 Å². The van der Waals surface area contributed by atoms with E-state index in [1.165, 1.54) is 58.0 Å². The van der Waals surface area contributed by atoms with E-state index in [2.05, 4.69) is 17.3 Å². The van der Waals surface area contributed by atoms with Crippen LogP contribution >= 0.6 is 0 Å². The lowest BCUT2D eigenvalue weighted by atomic mass is 9.89. The van der Waals surface area contributed by atoms with Gasteiger partial charge in [0.2, 0.25) is 0 Å². The van der Waals surface area contributed by atoms with Crippen molar-refractivity contribution >= 4 is 0 Å². The number of hydrogen-bond donors (Lipinski definition) is 2. The molecular weight excluding hydrogens is 198 g/mol. The highest BCUT2D eigenvalue weighted by Crippen LogP contribution is 2.26. The van der Waals surface area contributed by atoms with Crippen LogP contribution in [0.1, 0.15) is 44.9 Å². The van der Waals surface area contributed by atoms with Crippen LogP contribution in [0.4, 0.5) is 0 Å². The fourth-order valence-electron chi connectivity index (χ4n) is 3.24. The van der Waals surface area contributed by atoms with Crippen LogP contribution in [-0.2, 0) is 0 Å². The van der Waals surface area contributed by atoms with E-state index in [0.717, 1.165) is 12.6 Å². The third kappa shape index (κ3) is 2.96. The Hall–Kier alpha value is -0.120. The number of nitrogens with one attached hydrogen (secondary N) is 1. The van der Waals surface area contributed by atoms with Gasteiger partial charge in [-0.1, -0.05) is 12.8 Å². The highest BCUT2D eigenvalue weighted by atomic mass is 15.1. The molecule has 0 amide bonds. The van der Waals surface area contributed by atoms with Crippen molar-refractivity contribution in [1.29, 1.82) is 0 Å². The van der Waals surface area contributed by atoms with Crippen LogP contribution < -0.4 is 11.1 Å². The summed E-state index contributed by atoms with van der Waals surface area (Å²) in [6.45, 7) is 3.22. The lowest BCUT2D eigenvalue weighted by molar-refractivity contribution is 0.253. The van der Waals surface area contributed by atoms with Gasteiger partial charge in [-0.05, 0) is 52.2 Å². The predicted octanol–water partition coefficient (Wildman–Crippen LogP) is 1.33. The number of hydrogen-bond acceptors (Lipinski definition) is 3. The molecule has 16 heavy (non-hydrogen) atoms. The van der Waals surface area contributed by atoms with Gasteiger partial charge in [-0.15, -0.1) is 0 Å². The SMILES string of the molecule is CN1CCCC(CN)(NC2CCCC2)CC1. The Morgan fingerprint density at radius 1 is 1.19 bits per heavy atom. The maximum Gasteiger partial charge on any atom is 0.0319 e. The van der Waals surface area contributed by atoms with Gasteiger partial charge in [-0.2, -0.15) is 0 Å². The molecule has 3 N–H and O–H groups in total. The highest BCUT2D eigenvalue weighted by molar-refractivity contribution is 4.95. The van der Waals surface area contributed by atoms with Crippen LogP contribution in [0.2, 0.25) is 0 Å². The molecule has 2 aliphatic rings. The second-order valence-electron chi connectivity index (χ2n) is 5.77. The first-order chi connectivity index (χ1) is 7.74. The second kappa shape index (κ2) is 5.48. The van der Waals surface area contributed by atoms with Crippen LogP contribution in [0.25, 0.3) is 0 Å². The third-order valence-corrected chi connectivity index (χ3v) is 4.42. The number of nitrogens with two attached hydrogens (primary N) is 1. The van der Waals surface area contributed by atoms with Crippen LogP contribution in [0.15, 0.2) is 0 Å². The minimum Gasteiger partial charge on any atom is -0.329 e. The Kier molecular flexibility index (Phi) is 4.22. The van der Waals surface area contributed by atoms with Gasteiger partial charge in [0.15, 0.2) is 0 Å². The molecule has 3 nitrogen and oxygen atoms in total. The fraction of sp³-hybridized carbons (Fsp3) is 1.00. The summed E-state index contributed by atoms with van der Waals surface area (Å²) in [7, 11) is 2.22. The zero-order chi connectivity index (χ0) is 11.4. The highest BCUT2D eigenvalue weighted by Gasteiger charge is 2.33. The van der Waals surface area contributed by atoms with E-state index in [1.807, 2.05) is 0 Å². The van der Waals surface area contributed by atoms with Crippen molar-refractivity contribution < 1.29 is 0 Å². The normalized spacial score (nSPS) is 34.1. The molecule has 0 bridgehead atoms. The van der Waals surface area contributed by atoms with Crippen molar-refractivity contribution in [2.45, 2.75) is 56.5 Å². The Balaban J connectivity index is 1.93. The largest absolute Gasteiger partial charge is 0.329 e. The summed E-state index contributed by atoms with van der Waals surface area (Å²) in [6.07, 6.45) is 9.28. The molecule has 1 saturated heterocycles. The van der Waals surface area contributed by atoms with Crippen LogP contribution in [-0.4, -0.2) is 43.2 Å². The van der Waals surface area contributed by atoms with Crippen molar-refractivity contribution in [1.82, 2.24) is 10.2 Å². The molecule has 1 aliphatic heterocycles. The molecule has 1 unspecified atom stereocenters. The molecule has 3 heteroatoms. The van der Waals surface area contributed by atoms with Crippen molar-refractivity contribution in [3.63, 3.8) is 0 Å². The molecule has 2 rings (SSSR count). The first kappa shape index (κ1) is 12.3. The second-order valence-corrected chi connectivity index (χ2v) is 5.77. The van der Waals surface area contributed by atoms with Gasteiger partial charge >= 0.3 is 0 Å². The first-order valence-corrected chi connectivity index (χ1v) is 6.90. The standard InChI is InChI=1S/C13H27N3/c1-16-9-4-7-13(11-14,8-10-16)15-12-5-2-3-6-12/h12,15H,2-11,14H2,1H3. The monoisotopic (exact) mass is 225 g/mol. The maximum atomic E-state index is 6.05. The maximum absolute atomic E-state index is 6.05. The lowest BCUT2D eigenvalue weighted by Crippen LogP contribution is -2.55. The predicted molar refractivity (Wildman–Crippen MR) is 68.5 cm³/mol. The average Bonchev–Trinajstić information content (AvgIpc) is 2.71. The minimum absolute atomic E-state index is 0.236. The summed E-state index contributed by atoms with van der Waals surface area (Å²) in [5, 5.41) is 3.89. The summed E-state index contributed by atoms with van der Waals surface area (Å²) in [5.41, 5.74) is 6.29. The smallest absolute Gasteiger partial charge is 0.0319 e. The van der Waals surface area contributed by atoms with E-state index in [9.17, 15) is 0 Å². The fourth-order valence-corrected chi connectivity index (χ4v) is 3.24. The van der Waals surface area contributed by atoms with Crippen LogP contribution in [0, 0.1) is 0 Å². The zero-order valence-electron chi connectivity index (χ0n) is 10.7. The van der Waals surface area contributed by atoms with E-state index in [-0.39, 0.29) is 5.54 Å². The van der Waals surface area contributed by atoms with Gasteiger partial charge in [0.25, 0.3) is 0 Å². The van der Waals surface area contributed by atoms with Crippen molar-refractivity contribution in [2.24, 2.45) is 5.73 Å². The summed E-state index contributed by atoms with van der Waals surface area (Å²) < 4.78 is 0. The third-order valence-electron chi connectivity index (χ3n) is 4.42. The van der Waals surface area contributed by atoms with Gasteiger partial charge in [-0.25, -0.2) is 0 Å². The van der Waals surface area contributed by atoms with E-state index >= 15 is 0 Å². The Morgan fingerprint density at radius 3 is 2.62 bits per heavy atom. The lowest BCUT2D eigenvalue weighted by Gasteiger charge is -2.35. The quantitative estimate of drug-likeness (QED) is 0.761. The van der Waals surface area contributed by atoms with Crippen molar-refractivity contribution in [3.8, 4) is 0 Å². The summed E-state index contributed by atoms with van der Waals surface area (Å²) in [5.74, 6) is 0. The zero-order valence-corrected chi connectivity index (χ0v) is 10.7. The van der Waals surface area contributed by atoms with E-state index in [4.69, 9.17) is 5.73 Å².